The third-order valence-electron chi connectivity index (χ3n) is 4.43. The predicted octanol–water partition coefficient (Wildman–Crippen LogP) is 2.24. The molecule has 0 spiro atoms. The molecular formula is C17H25N3O2. The molecule has 1 aliphatic heterocycles. The SMILES string of the molecule is Cc1ccc(C(C)N(C)CCN2C(=O)NC(C)C2=O)c(C)c1. The highest BCUT2D eigenvalue weighted by molar-refractivity contribution is 6.03. The number of carbonyl (C=O) groups excluding carboxylic acids is 2. The van der Waals surface area contributed by atoms with Crippen molar-refractivity contribution in [3.05, 3.63) is 34.9 Å². The molecule has 2 atom stereocenters. The van der Waals surface area contributed by atoms with Gasteiger partial charge in [0.05, 0.1) is 0 Å². The minimum atomic E-state index is -0.408. The van der Waals surface area contributed by atoms with Crippen LogP contribution in [0.4, 0.5) is 4.79 Å². The van der Waals surface area contributed by atoms with Gasteiger partial charge in [-0.2, -0.15) is 0 Å². The summed E-state index contributed by atoms with van der Waals surface area (Å²) in [5, 5.41) is 2.64. The van der Waals surface area contributed by atoms with E-state index in [9.17, 15) is 9.59 Å². The smallest absolute Gasteiger partial charge is 0.324 e. The van der Waals surface area contributed by atoms with E-state index in [0.29, 0.717) is 13.1 Å². The maximum atomic E-state index is 11.9. The van der Waals surface area contributed by atoms with Crippen LogP contribution in [0.3, 0.4) is 0 Å². The summed E-state index contributed by atoms with van der Waals surface area (Å²) in [7, 11) is 2.02. The Morgan fingerprint density at radius 1 is 1.32 bits per heavy atom. The van der Waals surface area contributed by atoms with Gasteiger partial charge in [-0.1, -0.05) is 23.8 Å². The van der Waals surface area contributed by atoms with Crippen molar-refractivity contribution in [2.24, 2.45) is 0 Å². The number of urea groups is 1. The van der Waals surface area contributed by atoms with Crippen LogP contribution in [-0.2, 0) is 4.79 Å². The summed E-state index contributed by atoms with van der Waals surface area (Å²) in [4.78, 5) is 27.1. The van der Waals surface area contributed by atoms with E-state index in [-0.39, 0.29) is 18.0 Å². The van der Waals surface area contributed by atoms with Crippen molar-refractivity contribution in [3.63, 3.8) is 0 Å². The summed E-state index contributed by atoms with van der Waals surface area (Å²) < 4.78 is 0. The van der Waals surface area contributed by atoms with Gasteiger partial charge in [0.15, 0.2) is 0 Å². The number of carbonyl (C=O) groups is 2. The fraction of sp³-hybridized carbons (Fsp3) is 0.529. The molecule has 1 saturated heterocycles. The lowest BCUT2D eigenvalue weighted by Crippen LogP contribution is -2.38. The molecule has 5 heteroatoms. The van der Waals surface area contributed by atoms with Crippen LogP contribution in [0.15, 0.2) is 18.2 Å². The molecule has 120 valence electrons. The molecule has 1 fully saturated rings. The quantitative estimate of drug-likeness (QED) is 0.849. The molecular weight excluding hydrogens is 278 g/mol. The number of amides is 3. The van der Waals surface area contributed by atoms with E-state index < -0.39 is 6.04 Å². The molecule has 1 aromatic rings. The normalized spacial score (nSPS) is 19.7. The number of benzene rings is 1. The lowest BCUT2D eigenvalue weighted by molar-refractivity contribution is -0.127. The zero-order chi connectivity index (χ0) is 16.4. The topological polar surface area (TPSA) is 52.6 Å². The molecule has 0 saturated carbocycles. The standard InChI is InChI=1S/C17H25N3O2/c1-11-6-7-15(12(2)10-11)14(4)19(5)8-9-20-16(21)13(3)18-17(20)22/h6-7,10,13-14H,8-9H2,1-5H3,(H,18,22). The lowest BCUT2D eigenvalue weighted by atomic mass is 9.99. The van der Waals surface area contributed by atoms with Crippen LogP contribution in [0.1, 0.15) is 36.6 Å². The summed E-state index contributed by atoms with van der Waals surface area (Å²) in [5.41, 5.74) is 3.80. The van der Waals surface area contributed by atoms with E-state index in [1.807, 2.05) is 7.05 Å². The zero-order valence-electron chi connectivity index (χ0n) is 14.0. The summed E-state index contributed by atoms with van der Waals surface area (Å²) in [6.07, 6.45) is 0. The number of nitrogens with zero attached hydrogens (tertiary/aromatic N) is 2. The number of nitrogens with one attached hydrogen (secondary N) is 1. The van der Waals surface area contributed by atoms with Gasteiger partial charge in [-0.25, -0.2) is 4.79 Å². The first-order valence-corrected chi connectivity index (χ1v) is 7.70. The van der Waals surface area contributed by atoms with E-state index in [0.717, 1.165) is 0 Å². The van der Waals surface area contributed by atoms with Gasteiger partial charge < -0.3 is 5.32 Å². The van der Waals surface area contributed by atoms with E-state index in [4.69, 9.17) is 0 Å². The second-order valence-electron chi connectivity index (χ2n) is 6.18. The van der Waals surface area contributed by atoms with E-state index in [1.165, 1.54) is 21.6 Å². The van der Waals surface area contributed by atoms with Crippen molar-refractivity contribution in [2.45, 2.75) is 39.8 Å². The maximum absolute atomic E-state index is 11.9. The van der Waals surface area contributed by atoms with Gasteiger partial charge in [0, 0.05) is 19.1 Å². The average molecular weight is 303 g/mol. The minimum absolute atomic E-state index is 0.141. The third-order valence-corrected chi connectivity index (χ3v) is 4.43. The van der Waals surface area contributed by atoms with Gasteiger partial charge in [0.25, 0.3) is 5.91 Å². The highest BCUT2D eigenvalue weighted by atomic mass is 16.2. The Kier molecular flexibility index (Phi) is 4.86. The average Bonchev–Trinajstić information content (AvgIpc) is 2.69. The van der Waals surface area contributed by atoms with Crippen molar-refractivity contribution in [2.75, 3.05) is 20.1 Å². The van der Waals surface area contributed by atoms with Gasteiger partial charge in [0.1, 0.15) is 6.04 Å². The Bertz CT molecular complexity index is 585. The monoisotopic (exact) mass is 303 g/mol. The van der Waals surface area contributed by atoms with Gasteiger partial charge in [0.2, 0.25) is 0 Å². The number of hydrogen-bond acceptors (Lipinski definition) is 3. The van der Waals surface area contributed by atoms with Crippen molar-refractivity contribution in [1.82, 2.24) is 15.1 Å². The molecule has 0 radical (unpaired) electrons. The zero-order valence-corrected chi connectivity index (χ0v) is 14.0. The van der Waals surface area contributed by atoms with Crippen molar-refractivity contribution in [1.29, 1.82) is 0 Å². The largest absolute Gasteiger partial charge is 0.326 e. The van der Waals surface area contributed by atoms with E-state index in [1.54, 1.807) is 6.92 Å². The Balaban J connectivity index is 1.98. The van der Waals surface area contributed by atoms with Crippen molar-refractivity contribution in [3.8, 4) is 0 Å². The summed E-state index contributed by atoms with van der Waals surface area (Å²) in [6.45, 7) is 9.13. The van der Waals surface area contributed by atoms with Crippen LogP contribution in [0, 0.1) is 13.8 Å². The Morgan fingerprint density at radius 3 is 2.55 bits per heavy atom. The van der Waals surface area contributed by atoms with Crippen LogP contribution < -0.4 is 5.32 Å². The van der Waals surface area contributed by atoms with Crippen molar-refractivity contribution >= 4 is 11.9 Å². The molecule has 1 N–H and O–H groups in total. The molecule has 2 rings (SSSR count). The molecule has 0 aliphatic carbocycles. The summed E-state index contributed by atoms with van der Waals surface area (Å²) >= 11 is 0. The highest BCUT2D eigenvalue weighted by Gasteiger charge is 2.34. The van der Waals surface area contributed by atoms with Gasteiger partial charge >= 0.3 is 6.03 Å². The molecule has 1 heterocycles. The Hall–Kier alpha value is -1.88. The highest BCUT2D eigenvalue weighted by Crippen LogP contribution is 2.23. The fourth-order valence-corrected chi connectivity index (χ4v) is 2.85. The van der Waals surface area contributed by atoms with E-state index >= 15 is 0 Å². The molecule has 22 heavy (non-hydrogen) atoms. The molecule has 5 nitrogen and oxygen atoms in total. The summed E-state index contributed by atoms with van der Waals surface area (Å²) in [5.74, 6) is -0.141. The number of imide groups is 1. The van der Waals surface area contributed by atoms with Crippen LogP contribution in [0.25, 0.3) is 0 Å². The van der Waals surface area contributed by atoms with Crippen LogP contribution in [0.2, 0.25) is 0 Å². The van der Waals surface area contributed by atoms with Crippen LogP contribution in [-0.4, -0.2) is 47.9 Å². The van der Waals surface area contributed by atoms with E-state index in [2.05, 4.69) is 49.2 Å². The first-order chi connectivity index (χ1) is 10.3. The predicted molar refractivity (Wildman–Crippen MR) is 86.7 cm³/mol. The molecule has 0 aromatic heterocycles. The first kappa shape index (κ1) is 16.5. The Morgan fingerprint density at radius 2 is 2.00 bits per heavy atom. The lowest BCUT2D eigenvalue weighted by Gasteiger charge is -2.27. The molecule has 1 aromatic carbocycles. The third kappa shape index (κ3) is 3.30. The maximum Gasteiger partial charge on any atom is 0.324 e. The van der Waals surface area contributed by atoms with Gasteiger partial charge in [-0.15, -0.1) is 0 Å². The second kappa shape index (κ2) is 6.48. The van der Waals surface area contributed by atoms with Gasteiger partial charge in [-0.05, 0) is 45.9 Å². The molecule has 0 bridgehead atoms. The fourth-order valence-electron chi connectivity index (χ4n) is 2.85. The first-order valence-electron chi connectivity index (χ1n) is 7.70. The molecule has 3 amide bonds. The number of likely N-dealkylation sites (N-methyl/N-ethyl adjacent to an activating group) is 1. The van der Waals surface area contributed by atoms with Crippen molar-refractivity contribution < 1.29 is 9.59 Å². The number of aryl methyl sites for hydroxylation is 2. The minimum Gasteiger partial charge on any atom is -0.326 e. The Labute approximate surface area is 132 Å². The summed E-state index contributed by atoms with van der Waals surface area (Å²) in [6, 6.07) is 5.99. The van der Waals surface area contributed by atoms with Crippen LogP contribution >= 0.6 is 0 Å². The van der Waals surface area contributed by atoms with Crippen LogP contribution in [0.5, 0.6) is 0 Å². The molecule has 1 aliphatic rings. The number of rotatable bonds is 5. The molecule has 2 unspecified atom stereocenters. The van der Waals surface area contributed by atoms with Gasteiger partial charge in [-0.3, -0.25) is 14.6 Å². The number of hydrogen-bond donors (Lipinski definition) is 1. The second-order valence-corrected chi connectivity index (χ2v) is 6.18.